The minimum Gasteiger partial charge on any atom is -0.496 e. The van der Waals surface area contributed by atoms with Crippen LogP contribution in [0.5, 0.6) is 5.75 Å². The zero-order valence-electron chi connectivity index (χ0n) is 14.3. The summed E-state index contributed by atoms with van der Waals surface area (Å²) < 4.78 is 47.3. The molecular formula is C18H20FNO3S2. The van der Waals surface area contributed by atoms with Gasteiger partial charge in [-0.3, -0.25) is 0 Å². The Morgan fingerprint density at radius 2 is 1.88 bits per heavy atom. The van der Waals surface area contributed by atoms with Crippen LogP contribution in [0.3, 0.4) is 0 Å². The molecule has 0 bridgehead atoms. The maximum Gasteiger partial charge on any atom is 0.241 e. The summed E-state index contributed by atoms with van der Waals surface area (Å²) in [5.41, 5.74) is 2.21. The fourth-order valence-electron chi connectivity index (χ4n) is 3.13. The van der Waals surface area contributed by atoms with Gasteiger partial charge in [0.2, 0.25) is 10.0 Å². The second-order valence-corrected chi connectivity index (χ2v) is 8.93. The molecule has 0 radical (unpaired) electrons. The van der Waals surface area contributed by atoms with Crippen molar-refractivity contribution in [2.24, 2.45) is 0 Å². The van der Waals surface area contributed by atoms with E-state index >= 15 is 0 Å². The van der Waals surface area contributed by atoms with Crippen molar-refractivity contribution in [1.82, 2.24) is 4.72 Å². The first-order chi connectivity index (χ1) is 11.8. The van der Waals surface area contributed by atoms with E-state index in [0.717, 1.165) is 21.8 Å². The third-order valence-corrected chi connectivity index (χ3v) is 6.83. The minimum atomic E-state index is -3.72. The number of sulfonamides is 1. The Kier molecular flexibility index (Phi) is 5.09. The van der Waals surface area contributed by atoms with Gasteiger partial charge in [-0.2, -0.15) is 0 Å². The van der Waals surface area contributed by atoms with E-state index < -0.39 is 16.1 Å². The third-order valence-electron chi connectivity index (χ3n) is 4.26. The Labute approximate surface area is 151 Å². The molecule has 1 heterocycles. The van der Waals surface area contributed by atoms with Crippen LogP contribution in [0.25, 0.3) is 0 Å². The van der Waals surface area contributed by atoms with Crippen LogP contribution in [-0.4, -0.2) is 21.3 Å². The van der Waals surface area contributed by atoms with Crippen LogP contribution in [0.1, 0.15) is 29.2 Å². The van der Waals surface area contributed by atoms with Crippen LogP contribution in [0.2, 0.25) is 0 Å². The van der Waals surface area contributed by atoms with E-state index in [4.69, 9.17) is 4.74 Å². The van der Waals surface area contributed by atoms with Gasteiger partial charge in [0.05, 0.1) is 12.0 Å². The lowest BCUT2D eigenvalue weighted by molar-refractivity contribution is 0.408. The number of rotatable bonds is 4. The van der Waals surface area contributed by atoms with E-state index in [-0.39, 0.29) is 10.7 Å². The molecule has 25 heavy (non-hydrogen) atoms. The van der Waals surface area contributed by atoms with E-state index in [1.54, 1.807) is 37.1 Å². The molecule has 0 aromatic heterocycles. The highest BCUT2D eigenvalue weighted by Crippen LogP contribution is 2.37. The van der Waals surface area contributed by atoms with Crippen LogP contribution in [0.15, 0.2) is 40.1 Å². The van der Waals surface area contributed by atoms with Crippen LogP contribution in [0.4, 0.5) is 4.39 Å². The van der Waals surface area contributed by atoms with Crippen molar-refractivity contribution < 1.29 is 17.5 Å². The first-order valence-electron chi connectivity index (χ1n) is 7.91. The fourth-order valence-corrected chi connectivity index (χ4v) is 5.66. The van der Waals surface area contributed by atoms with Gasteiger partial charge in [0.1, 0.15) is 11.6 Å². The van der Waals surface area contributed by atoms with Crippen molar-refractivity contribution in [3.63, 3.8) is 0 Å². The predicted molar refractivity (Wildman–Crippen MR) is 97.3 cm³/mol. The Bertz CT molecular complexity index is 890. The van der Waals surface area contributed by atoms with Gasteiger partial charge >= 0.3 is 0 Å². The molecule has 3 rings (SSSR count). The SMILES string of the molecule is COc1c(C)cc(S(=O)(=O)NC2CCSc3ccc(F)cc32)cc1C. The van der Waals surface area contributed by atoms with Gasteiger partial charge in [-0.1, -0.05) is 0 Å². The molecule has 1 aliphatic heterocycles. The summed E-state index contributed by atoms with van der Waals surface area (Å²) in [6, 6.07) is 7.28. The van der Waals surface area contributed by atoms with Crippen LogP contribution >= 0.6 is 11.8 Å². The van der Waals surface area contributed by atoms with Gasteiger partial charge in [-0.25, -0.2) is 17.5 Å². The molecule has 1 atom stereocenters. The molecule has 4 nitrogen and oxygen atoms in total. The lowest BCUT2D eigenvalue weighted by Crippen LogP contribution is -2.31. The molecule has 1 aliphatic rings. The molecule has 0 fully saturated rings. The van der Waals surface area contributed by atoms with E-state index in [9.17, 15) is 12.8 Å². The number of nitrogens with one attached hydrogen (secondary N) is 1. The number of hydrogen-bond acceptors (Lipinski definition) is 4. The molecule has 2 aromatic carbocycles. The zero-order valence-corrected chi connectivity index (χ0v) is 15.9. The topological polar surface area (TPSA) is 55.4 Å². The second kappa shape index (κ2) is 6.97. The summed E-state index contributed by atoms with van der Waals surface area (Å²) in [7, 11) is -2.16. The van der Waals surface area contributed by atoms with Crippen LogP contribution in [-0.2, 0) is 10.0 Å². The molecule has 2 aromatic rings. The highest BCUT2D eigenvalue weighted by atomic mass is 32.2. The van der Waals surface area contributed by atoms with Gasteiger partial charge in [0.15, 0.2) is 0 Å². The number of fused-ring (bicyclic) bond motifs is 1. The van der Waals surface area contributed by atoms with E-state index in [1.807, 2.05) is 13.8 Å². The summed E-state index contributed by atoms with van der Waals surface area (Å²) in [4.78, 5) is 1.11. The van der Waals surface area contributed by atoms with Gasteiger partial charge in [-0.05, 0) is 73.0 Å². The highest BCUT2D eigenvalue weighted by molar-refractivity contribution is 7.99. The molecule has 0 spiro atoms. The van der Waals surface area contributed by atoms with E-state index in [1.165, 1.54) is 12.1 Å². The standard InChI is InChI=1S/C18H20FNO3S2/c1-11-8-14(9-12(2)18(11)23-3)25(21,22)20-16-6-7-24-17-5-4-13(19)10-15(16)17/h4-5,8-10,16,20H,6-7H2,1-3H3. The molecule has 0 saturated heterocycles. The minimum absolute atomic E-state index is 0.194. The van der Waals surface area contributed by atoms with E-state index in [0.29, 0.717) is 17.7 Å². The quantitative estimate of drug-likeness (QED) is 0.871. The van der Waals surface area contributed by atoms with Crippen LogP contribution < -0.4 is 9.46 Å². The first-order valence-corrected chi connectivity index (χ1v) is 10.4. The number of halogens is 1. The molecule has 7 heteroatoms. The maximum atomic E-state index is 13.6. The summed E-state index contributed by atoms with van der Waals surface area (Å²) in [5, 5.41) is 0. The summed E-state index contributed by atoms with van der Waals surface area (Å²) >= 11 is 1.61. The van der Waals surface area contributed by atoms with E-state index in [2.05, 4.69) is 4.72 Å². The van der Waals surface area contributed by atoms with Crippen molar-refractivity contribution in [1.29, 1.82) is 0 Å². The van der Waals surface area contributed by atoms with Crippen molar-refractivity contribution >= 4 is 21.8 Å². The van der Waals surface area contributed by atoms with Crippen molar-refractivity contribution in [3.05, 3.63) is 52.8 Å². The molecule has 0 amide bonds. The smallest absolute Gasteiger partial charge is 0.241 e. The largest absolute Gasteiger partial charge is 0.496 e. The average Bonchev–Trinajstić information content (AvgIpc) is 2.55. The monoisotopic (exact) mass is 381 g/mol. The summed E-state index contributed by atoms with van der Waals surface area (Å²) in [6.45, 7) is 3.62. The van der Waals surface area contributed by atoms with Gasteiger partial charge in [-0.15, -0.1) is 11.8 Å². The Morgan fingerprint density at radius 1 is 1.20 bits per heavy atom. The zero-order chi connectivity index (χ0) is 18.2. The number of aryl methyl sites for hydroxylation is 2. The molecule has 1 N–H and O–H groups in total. The lowest BCUT2D eigenvalue weighted by atomic mass is 10.0. The van der Waals surface area contributed by atoms with Crippen molar-refractivity contribution in [3.8, 4) is 5.75 Å². The normalized spacial score (nSPS) is 17.2. The average molecular weight is 381 g/mol. The fraction of sp³-hybridized carbons (Fsp3) is 0.333. The predicted octanol–water partition coefficient (Wildman–Crippen LogP) is 3.97. The Balaban J connectivity index is 1.95. The van der Waals surface area contributed by atoms with Crippen molar-refractivity contribution in [2.75, 3.05) is 12.9 Å². The number of benzene rings is 2. The second-order valence-electron chi connectivity index (χ2n) is 6.08. The number of ether oxygens (including phenoxy) is 1. The Hall–Kier alpha value is -1.57. The number of thioether (sulfide) groups is 1. The van der Waals surface area contributed by atoms with Gasteiger partial charge in [0, 0.05) is 10.9 Å². The lowest BCUT2D eigenvalue weighted by Gasteiger charge is -2.26. The van der Waals surface area contributed by atoms with Crippen molar-refractivity contribution in [2.45, 2.75) is 36.1 Å². The molecule has 134 valence electrons. The number of hydrogen-bond donors (Lipinski definition) is 1. The molecule has 0 aliphatic carbocycles. The Morgan fingerprint density at radius 3 is 2.52 bits per heavy atom. The first kappa shape index (κ1) is 18.2. The molecular weight excluding hydrogens is 361 g/mol. The maximum absolute atomic E-state index is 13.6. The highest BCUT2D eigenvalue weighted by Gasteiger charge is 2.27. The summed E-state index contributed by atoms with van der Waals surface area (Å²) in [6.07, 6.45) is 0.620. The summed E-state index contributed by atoms with van der Waals surface area (Å²) in [5.74, 6) is 1.11. The molecule has 1 unspecified atom stereocenters. The third kappa shape index (κ3) is 3.68. The molecule has 0 saturated carbocycles. The number of methoxy groups -OCH3 is 1. The van der Waals surface area contributed by atoms with Crippen LogP contribution in [0, 0.1) is 19.7 Å². The van der Waals surface area contributed by atoms with Gasteiger partial charge < -0.3 is 4.74 Å². The van der Waals surface area contributed by atoms with Gasteiger partial charge in [0.25, 0.3) is 0 Å².